The maximum Gasteiger partial charge on any atom is 0.296 e. The zero-order valence-electron chi connectivity index (χ0n) is 13.0. The third-order valence-electron chi connectivity index (χ3n) is 4.15. The number of carbonyl (C=O) groups is 1. The van der Waals surface area contributed by atoms with Crippen LogP contribution in [0.15, 0.2) is 9.32 Å². The molecule has 0 bridgehead atoms. The molecule has 0 aliphatic carbocycles. The van der Waals surface area contributed by atoms with Crippen LogP contribution in [0.5, 0.6) is 0 Å². The number of aromatic nitrogens is 3. The van der Waals surface area contributed by atoms with Crippen molar-refractivity contribution < 1.29 is 9.32 Å². The number of rotatable bonds is 4. The lowest BCUT2D eigenvalue weighted by molar-refractivity contribution is -0.130. The Kier molecular flexibility index (Phi) is 3.96. The highest BCUT2D eigenvalue weighted by molar-refractivity contribution is 5.81. The number of fused-ring (bicyclic) bond motifs is 1. The van der Waals surface area contributed by atoms with Gasteiger partial charge in [0.2, 0.25) is 5.91 Å². The minimum Gasteiger partial charge on any atom is -0.360 e. The monoisotopic (exact) mass is 304 g/mol. The van der Waals surface area contributed by atoms with Crippen LogP contribution in [0.2, 0.25) is 0 Å². The lowest BCUT2D eigenvalue weighted by atomic mass is 10.2. The molecule has 2 aromatic heterocycles. The minimum atomic E-state index is -0.258. The van der Waals surface area contributed by atoms with Gasteiger partial charge < -0.3 is 9.42 Å². The van der Waals surface area contributed by atoms with Crippen LogP contribution in [0.3, 0.4) is 0 Å². The average molecular weight is 304 g/mol. The Balaban J connectivity index is 1.70. The molecule has 0 N–H and O–H groups in total. The van der Waals surface area contributed by atoms with Gasteiger partial charge in [0.25, 0.3) is 5.56 Å². The van der Waals surface area contributed by atoms with Crippen LogP contribution in [-0.2, 0) is 11.3 Å². The molecule has 1 aliphatic rings. The number of amides is 1. The Bertz CT molecular complexity index is 756. The van der Waals surface area contributed by atoms with E-state index in [-0.39, 0.29) is 11.5 Å². The number of aryl methyl sites for hydroxylation is 3. The normalized spacial score (nSPS) is 14.9. The van der Waals surface area contributed by atoms with E-state index in [1.165, 1.54) is 4.68 Å². The van der Waals surface area contributed by atoms with Gasteiger partial charge >= 0.3 is 0 Å². The first-order chi connectivity index (χ1) is 10.6. The Hall–Kier alpha value is -2.18. The van der Waals surface area contributed by atoms with Crippen LogP contribution in [0.4, 0.5) is 0 Å². The molecule has 1 aliphatic heterocycles. The van der Waals surface area contributed by atoms with E-state index in [2.05, 4.69) is 10.3 Å². The third-order valence-corrected chi connectivity index (χ3v) is 4.15. The summed E-state index contributed by atoms with van der Waals surface area (Å²) in [5.74, 6) is 0.772. The van der Waals surface area contributed by atoms with E-state index < -0.39 is 0 Å². The zero-order valence-corrected chi connectivity index (χ0v) is 13.0. The Morgan fingerprint density at radius 3 is 2.73 bits per heavy atom. The quantitative estimate of drug-likeness (QED) is 0.853. The number of hydrogen-bond donors (Lipinski definition) is 0. The van der Waals surface area contributed by atoms with E-state index in [0.717, 1.165) is 31.6 Å². The smallest absolute Gasteiger partial charge is 0.296 e. The van der Waals surface area contributed by atoms with E-state index in [9.17, 15) is 9.59 Å². The van der Waals surface area contributed by atoms with Crippen molar-refractivity contribution in [3.63, 3.8) is 0 Å². The second-order valence-corrected chi connectivity index (χ2v) is 5.77. The molecule has 3 rings (SSSR count). The SMILES string of the molecule is Cc1nn(CCCC(=O)N2CCCC2)c(=O)c2noc(C)c12. The molecule has 0 spiro atoms. The van der Waals surface area contributed by atoms with Gasteiger partial charge in [0.05, 0.1) is 11.1 Å². The van der Waals surface area contributed by atoms with Crippen LogP contribution in [0.1, 0.15) is 37.1 Å². The van der Waals surface area contributed by atoms with Gasteiger partial charge in [-0.2, -0.15) is 5.10 Å². The van der Waals surface area contributed by atoms with E-state index in [1.807, 2.05) is 11.8 Å². The largest absolute Gasteiger partial charge is 0.360 e. The van der Waals surface area contributed by atoms with Crippen LogP contribution < -0.4 is 5.56 Å². The van der Waals surface area contributed by atoms with Gasteiger partial charge in [0.1, 0.15) is 5.76 Å². The second-order valence-electron chi connectivity index (χ2n) is 5.77. The van der Waals surface area contributed by atoms with Crippen molar-refractivity contribution in [1.82, 2.24) is 19.8 Å². The molecule has 0 aromatic carbocycles. The van der Waals surface area contributed by atoms with Crippen LogP contribution in [-0.4, -0.2) is 38.8 Å². The highest BCUT2D eigenvalue weighted by atomic mass is 16.5. The van der Waals surface area contributed by atoms with Crippen molar-refractivity contribution in [3.8, 4) is 0 Å². The van der Waals surface area contributed by atoms with Crippen molar-refractivity contribution in [2.24, 2.45) is 0 Å². The zero-order chi connectivity index (χ0) is 15.7. The summed E-state index contributed by atoms with van der Waals surface area (Å²) in [4.78, 5) is 26.2. The molecular formula is C15H20N4O3. The van der Waals surface area contributed by atoms with E-state index in [4.69, 9.17) is 4.52 Å². The lowest BCUT2D eigenvalue weighted by Crippen LogP contribution is -2.29. The van der Waals surface area contributed by atoms with Gasteiger partial charge in [-0.25, -0.2) is 4.68 Å². The fourth-order valence-electron chi connectivity index (χ4n) is 3.00. The second kappa shape index (κ2) is 5.90. The molecule has 7 heteroatoms. The van der Waals surface area contributed by atoms with Crippen LogP contribution in [0, 0.1) is 13.8 Å². The molecule has 0 atom stereocenters. The molecule has 7 nitrogen and oxygen atoms in total. The van der Waals surface area contributed by atoms with Gasteiger partial charge in [0, 0.05) is 26.1 Å². The topological polar surface area (TPSA) is 81.2 Å². The number of hydrogen-bond acceptors (Lipinski definition) is 5. The summed E-state index contributed by atoms with van der Waals surface area (Å²) in [6.45, 7) is 5.74. The summed E-state index contributed by atoms with van der Waals surface area (Å²) in [5.41, 5.74) is 0.779. The fraction of sp³-hybridized carbons (Fsp3) is 0.600. The first kappa shape index (κ1) is 14.7. The summed E-state index contributed by atoms with van der Waals surface area (Å²) >= 11 is 0. The summed E-state index contributed by atoms with van der Waals surface area (Å²) in [7, 11) is 0. The molecule has 22 heavy (non-hydrogen) atoms. The molecule has 1 amide bonds. The predicted molar refractivity (Wildman–Crippen MR) is 80.6 cm³/mol. The molecule has 0 radical (unpaired) electrons. The molecule has 3 heterocycles. The first-order valence-corrected chi connectivity index (χ1v) is 7.69. The molecule has 1 saturated heterocycles. The lowest BCUT2D eigenvalue weighted by Gasteiger charge is -2.15. The Morgan fingerprint density at radius 2 is 2.00 bits per heavy atom. The molecular weight excluding hydrogens is 284 g/mol. The highest BCUT2D eigenvalue weighted by Crippen LogP contribution is 2.16. The maximum absolute atomic E-state index is 12.3. The number of carbonyl (C=O) groups excluding carboxylic acids is 1. The van der Waals surface area contributed by atoms with E-state index >= 15 is 0 Å². The van der Waals surface area contributed by atoms with Gasteiger partial charge in [-0.05, 0) is 33.1 Å². The Morgan fingerprint density at radius 1 is 1.27 bits per heavy atom. The molecule has 0 saturated carbocycles. The maximum atomic E-state index is 12.3. The average Bonchev–Trinajstić information content (AvgIpc) is 3.13. The van der Waals surface area contributed by atoms with Gasteiger partial charge in [-0.1, -0.05) is 5.16 Å². The molecule has 1 fully saturated rings. The molecule has 118 valence electrons. The van der Waals surface area contributed by atoms with Crippen LogP contribution >= 0.6 is 0 Å². The molecule has 2 aromatic rings. The van der Waals surface area contributed by atoms with Crippen LogP contribution in [0.25, 0.3) is 10.9 Å². The van der Waals surface area contributed by atoms with Crippen molar-refractivity contribution in [2.45, 2.75) is 46.1 Å². The fourth-order valence-corrected chi connectivity index (χ4v) is 3.00. The molecule has 0 unspecified atom stereocenters. The van der Waals surface area contributed by atoms with Gasteiger partial charge in [0.15, 0.2) is 5.52 Å². The predicted octanol–water partition coefficient (Wildman–Crippen LogP) is 1.40. The van der Waals surface area contributed by atoms with E-state index in [0.29, 0.717) is 36.0 Å². The summed E-state index contributed by atoms with van der Waals surface area (Å²) in [6.07, 6.45) is 3.23. The summed E-state index contributed by atoms with van der Waals surface area (Å²) in [5, 5.41) is 8.82. The number of nitrogens with zero attached hydrogens (tertiary/aromatic N) is 4. The standard InChI is InChI=1S/C15H20N4O3/c1-10-13-11(2)22-17-14(13)15(21)19(16-10)9-5-6-12(20)18-7-3-4-8-18/h3-9H2,1-2H3. The van der Waals surface area contributed by atoms with Crippen molar-refractivity contribution in [1.29, 1.82) is 0 Å². The first-order valence-electron chi connectivity index (χ1n) is 7.69. The highest BCUT2D eigenvalue weighted by Gasteiger charge is 2.18. The van der Waals surface area contributed by atoms with Gasteiger partial charge in [-0.3, -0.25) is 9.59 Å². The number of likely N-dealkylation sites (tertiary alicyclic amines) is 1. The minimum absolute atomic E-state index is 0.167. The summed E-state index contributed by atoms with van der Waals surface area (Å²) < 4.78 is 6.46. The van der Waals surface area contributed by atoms with Crippen molar-refractivity contribution in [2.75, 3.05) is 13.1 Å². The van der Waals surface area contributed by atoms with Crippen molar-refractivity contribution >= 4 is 16.8 Å². The Labute approximate surface area is 127 Å². The van der Waals surface area contributed by atoms with Crippen molar-refractivity contribution in [3.05, 3.63) is 21.8 Å². The summed E-state index contributed by atoms with van der Waals surface area (Å²) in [6, 6.07) is 0. The van der Waals surface area contributed by atoms with Gasteiger partial charge in [-0.15, -0.1) is 0 Å². The third kappa shape index (κ3) is 2.63. The van der Waals surface area contributed by atoms with E-state index in [1.54, 1.807) is 6.92 Å².